The SMILES string of the molecule is NCCSCC(=O)Nc1cc(C(=O)O)ccc1Cl. The summed E-state index contributed by atoms with van der Waals surface area (Å²) < 4.78 is 0. The predicted molar refractivity (Wildman–Crippen MR) is 73.4 cm³/mol. The Balaban J connectivity index is 2.68. The van der Waals surface area contributed by atoms with Gasteiger partial charge in [-0.1, -0.05) is 11.6 Å². The van der Waals surface area contributed by atoms with Gasteiger partial charge in [-0.15, -0.1) is 0 Å². The van der Waals surface area contributed by atoms with Crippen LogP contribution in [0, 0.1) is 0 Å². The number of carbonyl (C=O) groups excluding carboxylic acids is 1. The second-order valence-corrected chi connectivity index (χ2v) is 4.90. The third-order valence-electron chi connectivity index (χ3n) is 1.98. The molecule has 0 fully saturated rings. The number of rotatable bonds is 6. The summed E-state index contributed by atoms with van der Waals surface area (Å²) in [6, 6.07) is 4.15. The van der Waals surface area contributed by atoms with Crippen LogP contribution in [0.4, 0.5) is 5.69 Å². The summed E-state index contributed by atoms with van der Waals surface area (Å²) in [6.45, 7) is 0.507. The van der Waals surface area contributed by atoms with E-state index in [2.05, 4.69) is 5.32 Å². The van der Waals surface area contributed by atoms with Gasteiger partial charge in [0.05, 0.1) is 22.0 Å². The average molecular weight is 289 g/mol. The average Bonchev–Trinajstić information content (AvgIpc) is 2.32. The normalized spacial score (nSPS) is 10.1. The lowest BCUT2D eigenvalue weighted by atomic mass is 10.2. The van der Waals surface area contributed by atoms with Crippen LogP contribution in [0.25, 0.3) is 0 Å². The highest BCUT2D eigenvalue weighted by atomic mass is 35.5. The van der Waals surface area contributed by atoms with Gasteiger partial charge in [0.2, 0.25) is 5.91 Å². The Morgan fingerprint density at radius 1 is 1.44 bits per heavy atom. The maximum absolute atomic E-state index is 11.5. The van der Waals surface area contributed by atoms with Crippen LogP contribution in [0.15, 0.2) is 18.2 Å². The zero-order valence-electron chi connectivity index (χ0n) is 9.48. The number of carbonyl (C=O) groups is 2. The van der Waals surface area contributed by atoms with Gasteiger partial charge in [0.15, 0.2) is 0 Å². The predicted octanol–water partition coefficient (Wildman–Crippen LogP) is 1.67. The van der Waals surface area contributed by atoms with Crippen LogP contribution in [-0.4, -0.2) is 35.0 Å². The van der Waals surface area contributed by atoms with Crippen molar-refractivity contribution in [2.45, 2.75) is 0 Å². The lowest BCUT2D eigenvalue weighted by Crippen LogP contribution is -2.16. The molecule has 0 saturated heterocycles. The summed E-state index contributed by atoms with van der Waals surface area (Å²) in [4.78, 5) is 22.3. The minimum absolute atomic E-state index is 0.0734. The van der Waals surface area contributed by atoms with Gasteiger partial charge in [0.25, 0.3) is 0 Å². The van der Waals surface area contributed by atoms with E-state index in [1.54, 1.807) is 0 Å². The molecule has 0 spiro atoms. The molecule has 0 heterocycles. The van der Waals surface area contributed by atoms with Crippen LogP contribution in [0.3, 0.4) is 0 Å². The maximum Gasteiger partial charge on any atom is 0.335 e. The van der Waals surface area contributed by atoms with Gasteiger partial charge in [0.1, 0.15) is 0 Å². The molecule has 4 N–H and O–H groups in total. The molecule has 18 heavy (non-hydrogen) atoms. The highest BCUT2D eigenvalue weighted by Crippen LogP contribution is 2.23. The molecule has 7 heteroatoms. The Morgan fingerprint density at radius 3 is 2.78 bits per heavy atom. The first kappa shape index (κ1) is 14.8. The van der Waals surface area contributed by atoms with E-state index in [-0.39, 0.29) is 17.2 Å². The summed E-state index contributed by atoms with van der Waals surface area (Å²) >= 11 is 7.27. The van der Waals surface area contributed by atoms with Crippen molar-refractivity contribution >= 4 is 40.9 Å². The number of thioether (sulfide) groups is 1. The number of anilines is 1. The van der Waals surface area contributed by atoms with Gasteiger partial charge in [0, 0.05) is 12.3 Å². The monoisotopic (exact) mass is 288 g/mol. The number of nitrogens with two attached hydrogens (primary N) is 1. The Hall–Kier alpha value is -1.24. The minimum Gasteiger partial charge on any atom is -0.478 e. The summed E-state index contributed by atoms with van der Waals surface area (Å²) in [7, 11) is 0. The summed E-state index contributed by atoms with van der Waals surface area (Å²) in [5.74, 6) is -0.362. The molecule has 5 nitrogen and oxygen atoms in total. The number of amides is 1. The minimum atomic E-state index is -1.07. The number of hydrogen-bond acceptors (Lipinski definition) is 4. The fraction of sp³-hybridized carbons (Fsp3) is 0.273. The molecule has 0 unspecified atom stereocenters. The first-order valence-corrected chi connectivity index (χ1v) is 6.68. The van der Waals surface area contributed by atoms with Crippen molar-refractivity contribution < 1.29 is 14.7 Å². The molecule has 1 amide bonds. The first-order chi connectivity index (χ1) is 8.54. The Morgan fingerprint density at radius 2 is 2.17 bits per heavy atom. The molecule has 1 aromatic rings. The van der Waals surface area contributed by atoms with Crippen molar-refractivity contribution in [2.75, 3.05) is 23.4 Å². The third kappa shape index (κ3) is 4.56. The van der Waals surface area contributed by atoms with Crippen LogP contribution < -0.4 is 11.1 Å². The second kappa shape index (κ2) is 7.25. The second-order valence-electron chi connectivity index (χ2n) is 3.39. The number of halogens is 1. The molecule has 0 aliphatic heterocycles. The van der Waals surface area contributed by atoms with E-state index in [1.807, 2.05) is 0 Å². The van der Waals surface area contributed by atoms with E-state index in [0.717, 1.165) is 0 Å². The molecule has 0 aliphatic rings. The van der Waals surface area contributed by atoms with Gasteiger partial charge in [-0.05, 0) is 18.2 Å². The third-order valence-corrected chi connectivity index (χ3v) is 3.30. The van der Waals surface area contributed by atoms with Gasteiger partial charge < -0.3 is 16.2 Å². The maximum atomic E-state index is 11.5. The topological polar surface area (TPSA) is 92.4 Å². The van der Waals surface area contributed by atoms with Crippen molar-refractivity contribution in [3.05, 3.63) is 28.8 Å². The van der Waals surface area contributed by atoms with Crippen LogP contribution in [0.1, 0.15) is 10.4 Å². The van der Waals surface area contributed by atoms with E-state index in [4.69, 9.17) is 22.4 Å². The van der Waals surface area contributed by atoms with Crippen molar-refractivity contribution in [2.24, 2.45) is 5.73 Å². The van der Waals surface area contributed by atoms with E-state index in [9.17, 15) is 9.59 Å². The Labute approximate surface area is 114 Å². The van der Waals surface area contributed by atoms with Gasteiger partial charge in [-0.25, -0.2) is 4.79 Å². The van der Waals surface area contributed by atoms with Gasteiger partial charge in [-0.3, -0.25) is 4.79 Å². The van der Waals surface area contributed by atoms with Crippen molar-refractivity contribution in [1.29, 1.82) is 0 Å². The van der Waals surface area contributed by atoms with Gasteiger partial charge in [-0.2, -0.15) is 11.8 Å². The van der Waals surface area contributed by atoms with Crippen molar-refractivity contribution in [3.63, 3.8) is 0 Å². The smallest absolute Gasteiger partial charge is 0.335 e. The van der Waals surface area contributed by atoms with Crippen LogP contribution in [-0.2, 0) is 4.79 Å². The van der Waals surface area contributed by atoms with Crippen LogP contribution >= 0.6 is 23.4 Å². The zero-order valence-corrected chi connectivity index (χ0v) is 11.1. The molecule has 0 aliphatic carbocycles. The van der Waals surface area contributed by atoms with Crippen LogP contribution in [0.2, 0.25) is 5.02 Å². The first-order valence-electron chi connectivity index (χ1n) is 5.15. The summed E-state index contributed by atoms with van der Waals surface area (Å²) in [5.41, 5.74) is 5.68. The highest BCUT2D eigenvalue weighted by Gasteiger charge is 2.09. The standard InChI is InChI=1S/C11H13ClN2O3S/c12-8-2-1-7(11(16)17)5-9(8)14-10(15)6-18-4-3-13/h1-2,5H,3-4,6,13H2,(H,14,15)(H,16,17). The molecular weight excluding hydrogens is 276 g/mol. The fourth-order valence-corrected chi connectivity index (χ4v) is 1.92. The molecule has 0 atom stereocenters. The highest BCUT2D eigenvalue weighted by molar-refractivity contribution is 7.99. The Bertz CT molecular complexity index is 454. The molecule has 0 saturated carbocycles. The molecule has 1 aromatic carbocycles. The summed E-state index contributed by atoms with van der Waals surface area (Å²) in [5, 5.41) is 11.7. The van der Waals surface area contributed by atoms with E-state index >= 15 is 0 Å². The number of benzene rings is 1. The van der Waals surface area contributed by atoms with Crippen molar-refractivity contribution in [3.8, 4) is 0 Å². The quantitative estimate of drug-likeness (QED) is 0.693. The van der Waals surface area contributed by atoms with E-state index in [0.29, 0.717) is 23.0 Å². The number of carboxylic acid groups (broad SMARTS) is 1. The molecule has 0 bridgehead atoms. The van der Waals surface area contributed by atoms with E-state index in [1.165, 1.54) is 30.0 Å². The largest absolute Gasteiger partial charge is 0.478 e. The van der Waals surface area contributed by atoms with E-state index < -0.39 is 5.97 Å². The number of aromatic carboxylic acids is 1. The van der Waals surface area contributed by atoms with Gasteiger partial charge >= 0.3 is 5.97 Å². The van der Waals surface area contributed by atoms with Crippen LogP contribution in [0.5, 0.6) is 0 Å². The number of hydrogen-bond donors (Lipinski definition) is 3. The Kier molecular flexibility index (Phi) is 5.97. The number of nitrogens with one attached hydrogen (secondary N) is 1. The number of carboxylic acids is 1. The molecule has 0 aromatic heterocycles. The fourth-order valence-electron chi connectivity index (χ4n) is 1.19. The molecular formula is C11H13ClN2O3S. The zero-order chi connectivity index (χ0) is 13.5. The lowest BCUT2D eigenvalue weighted by molar-refractivity contribution is -0.113. The summed E-state index contributed by atoms with van der Waals surface area (Å²) in [6.07, 6.45) is 0. The molecule has 98 valence electrons. The lowest BCUT2D eigenvalue weighted by Gasteiger charge is -2.07. The molecule has 0 radical (unpaired) electrons. The van der Waals surface area contributed by atoms with Crippen molar-refractivity contribution in [1.82, 2.24) is 0 Å². The molecule has 1 rings (SSSR count).